The van der Waals surface area contributed by atoms with Gasteiger partial charge in [0.15, 0.2) is 0 Å². The number of carbonyl (C=O) groups excluding carboxylic acids is 1. The summed E-state index contributed by atoms with van der Waals surface area (Å²) in [7, 11) is 0. The predicted octanol–water partition coefficient (Wildman–Crippen LogP) is 2.16. The van der Waals surface area contributed by atoms with E-state index in [1.165, 1.54) is 11.1 Å². The number of rotatable bonds is 5. The molecule has 0 aliphatic carbocycles. The number of thioether (sulfide) groups is 1. The summed E-state index contributed by atoms with van der Waals surface area (Å²) in [6, 6.07) is 6.21. The number of fused-ring (bicyclic) bond motifs is 1. The first kappa shape index (κ1) is 13.4. The zero-order chi connectivity index (χ0) is 13.0. The lowest BCUT2D eigenvalue weighted by molar-refractivity contribution is 0.0939. The van der Waals surface area contributed by atoms with Gasteiger partial charge in [-0.25, -0.2) is 0 Å². The number of amides is 1. The van der Waals surface area contributed by atoms with Gasteiger partial charge in [0, 0.05) is 24.7 Å². The maximum atomic E-state index is 12.1. The van der Waals surface area contributed by atoms with Gasteiger partial charge in [-0.3, -0.25) is 4.79 Å². The monoisotopic (exact) mass is 264 g/mol. The third kappa shape index (κ3) is 3.27. The Kier molecular flexibility index (Phi) is 4.66. The van der Waals surface area contributed by atoms with Gasteiger partial charge in [-0.05, 0) is 48.6 Å². The SMILES string of the molecule is CSCCC(C)NC(=O)c1ccc2c(c1)CNC2. The first-order valence-corrected chi connectivity index (χ1v) is 7.72. The van der Waals surface area contributed by atoms with Gasteiger partial charge < -0.3 is 10.6 Å². The van der Waals surface area contributed by atoms with Gasteiger partial charge in [-0.2, -0.15) is 11.8 Å². The van der Waals surface area contributed by atoms with Gasteiger partial charge in [0.25, 0.3) is 5.91 Å². The summed E-state index contributed by atoms with van der Waals surface area (Å²) < 4.78 is 0. The highest BCUT2D eigenvalue weighted by molar-refractivity contribution is 7.98. The summed E-state index contributed by atoms with van der Waals surface area (Å²) in [5.41, 5.74) is 3.33. The van der Waals surface area contributed by atoms with Crippen molar-refractivity contribution in [3.63, 3.8) is 0 Å². The van der Waals surface area contributed by atoms with E-state index in [9.17, 15) is 4.79 Å². The van der Waals surface area contributed by atoms with Crippen LogP contribution in [0.3, 0.4) is 0 Å². The lowest BCUT2D eigenvalue weighted by atomic mass is 10.1. The molecule has 2 rings (SSSR count). The Morgan fingerprint density at radius 2 is 2.22 bits per heavy atom. The maximum Gasteiger partial charge on any atom is 0.251 e. The van der Waals surface area contributed by atoms with Crippen LogP contribution >= 0.6 is 11.8 Å². The summed E-state index contributed by atoms with van der Waals surface area (Å²) >= 11 is 1.81. The molecule has 1 heterocycles. The summed E-state index contributed by atoms with van der Waals surface area (Å²) in [4.78, 5) is 12.1. The zero-order valence-corrected chi connectivity index (χ0v) is 11.8. The Labute approximate surface area is 113 Å². The van der Waals surface area contributed by atoms with E-state index in [-0.39, 0.29) is 11.9 Å². The van der Waals surface area contributed by atoms with Crippen LogP contribution in [0.2, 0.25) is 0 Å². The number of hydrogen-bond donors (Lipinski definition) is 2. The molecule has 1 aromatic rings. The predicted molar refractivity (Wildman–Crippen MR) is 76.9 cm³/mol. The van der Waals surface area contributed by atoms with Gasteiger partial charge in [-0.1, -0.05) is 6.07 Å². The first-order chi connectivity index (χ1) is 8.70. The smallest absolute Gasteiger partial charge is 0.251 e. The van der Waals surface area contributed by atoms with E-state index >= 15 is 0 Å². The molecule has 0 spiro atoms. The Morgan fingerprint density at radius 3 is 3.00 bits per heavy atom. The minimum atomic E-state index is 0.0401. The topological polar surface area (TPSA) is 41.1 Å². The van der Waals surface area contributed by atoms with Gasteiger partial charge in [0.05, 0.1) is 0 Å². The highest BCUT2D eigenvalue weighted by Crippen LogP contribution is 2.17. The van der Waals surface area contributed by atoms with Crippen LogP contribution in [-0.4, -0.2) is 24.0 Å². The van der Waals surface area contributed by atoms with Crippen LogP contribution in [0.5, 0.6) is 0 Å². The third-order valence-electron chi connectivity index (χ3n) is 3.23. The summed E-state index contributed by atoms with van der Waals surface area (Å²) in [5.74, 6) is 1.12. The second-order valence-electron chi connectivity index (χ2n) is 4.74. The van der Waals surface area contributed by atoms with Crippen molar-refractivity contribution in [1.82, 2.24) is 10.6 Å². The van der Waals surface area contributed by atoms with E-state index in [0.717, 1.165) is 30.8 Å². The van der Waals surface area contributed by atoms with Crippen LogP contribution in [0, 0.1) is 0 Å². The highest BCUT2D eigenvalue weighted by atomic mass is 32.2. The molecule has 0 fully saturated rings. The van der Waals surface area contributed by atoms with Crippen LogP contribution in [0.1, 0.15) is 34.8 Å². The minimum absolute atomic E-state index is 0.0401. The number of carbonyl (C=O) groups is 1. The van der Waals surface area contributed by atoms with E-state index < -0.39 is 0 Å². The molecule has 0 saturated carbocycles. The van der Waals surface area contributed by atoms with E-state index in [0.29, 0.717) is 0 Å². The summed E-state index contributed by atoms with van der Waals surface area (Å²) in [5, 5.41) is 6.34. The van der Waals surface area contributed by atoms with Crippen molar-refractivity contribution >= 4 is 17.7 Å². The molecular formula is C14H20N2OS. The van der Waals surface area contributed by atoms with Crippen molar-refractivity contribution in [2.75, 3.05) is 12.0 Å². The zero-order valence-electron chi connectivity index (χ0n) is 11.0. The van der Waals surface area contributed by atoms with Gasteiger partial charge in [-0.15, -0.1) is 0 Å². The van der Waals surface area contributed by atoms with Crippen molar-refractivity contribution in [2.24, 2.45) is 0 Å². The van der Waals surface area contributed by atoms with Crippen molar-refractivity contribution in [1.29, 1.82) is 0 Å². The molecule has 0 radical (unpaired) electrons. The minimum Gasteiger partial charge on any atom is -0.350 e. The van der Waals surface area contributed by atoms with Crippen molar-refractivity contribution < 1.29 is 4.79 Å². The Balaban J connectivity index is 1.96. The second kappa shape index (κ2) is 6.25. The van der Waals surface area contributed by atoms with Crippen LogP contribution in [-0.2, 0) is 13.1 Å². The number of hydrogen-bond acceptors (Lipinski definition) is 3. The number of nitrogens with one attached hydrogen (secondary N) is 2. The molecule has 1 unspecified atom stereocenters. The summed E-state index contributed by atoms with van der Waals surface area (Å²) in [6.07, 6.45) is 3.10. The standard InChI is InChI=1S/C14H20N2OS/c1-10(5-6-18-2)16-14(17)11-3-4-12-8-15-9-13(12)7-11/h3-4,7,10,15H,5-6,8-9H2,1-2H3,(H,16,17). The average Bonchev–Trinajstić information content (AvgIpc) is 2.83. The molecule has 98 valence electrons. The molecule has 0 bridgehead atoms. The molecule has 1 aliphatic rings. The lowest BCUT2D eigenvalue weighted by Crippen LogP contribution is -2.33. The summed E-state index contributed by atoms with van der Waals surface area (Å²) in [6.45, 7) is 3.85. The lowest BCUT2D eigenvalue weighted by Gasteiger charge is -2.13. The highest BCUT2D eigenvalue weighted by Gasteiger charge is 2.14. The fourth-order valence-corrected chi connectivity index (χ4v) is 2.70. The van der Waals surface area contributed by atoms with Crippen LogP contribution in [0.15, 0.2) is 18.2 Å². The van der Waals surface area contributed by atoms with E-state index in [2.05, 4.69) is 29.9 Å². The Bertz CT molecular complexity index is 434. The van der Waals surface area contributed by atoms with Crippen molar-refractivity contribution in [2.45, 2.75) is 32.5 Å². The van der Waals surface area contributed by atoms with Gasteiger partial charge in [0.1, 0.15) is 0 Å². The fraction of sp³-hybridized carbons (Fsp3) is 0.500. The molecule has 0 aromatic heterocycles. The molecule has 1 aliphatic heterocycles. The van der Waals surface area contributed by atoms with Crippen LogP contribution in [0.4, 0.5) is 0 Å². The van der Waals surface area contributed by atoms with E-state index in [4.69, 9.17) is 0 Å². The molecule has 4 heteroatoms. The maximum absolute atomic E-state index is 12.1. The molecular weight excluding hydrogens is 244 g/mol. The van der Waals surface area contributed by atoms with Crippen molar-refractivity contribution in [3.8, 4) is 0 Å². The van der Waals surface area contributed by atoms with Crippen molar-refractivity contribution in [3.05, 3.63) is 34.9 Å². The molecule has 0 saturated heterocycles. The van der Waals surface area contributed by atoms with E-state index in [1.807, 2.05) is 23.9 Å². The molecule has 18 heavy (non-hydrogen) atoms. The Hall–Kier alpha value is -1.00. The molecule has 1 atom stereocenters. The van der Waals surface area contributed by atoms with Gasteiger partial charge >= 0.3 is 0 Å². The Morgan fingerprint density at radius 1 is 1.44 bits per heavy atom. The number of benzene rings is 1. The quantitative estimate of drug-likeness (QED) is 0.856. The molecule has 3 nitrogen and oxygen atoms in total. The average molecular weight is 264 g/mol. The largest absolute Gasteiger partial charge is 0.350 e. The molecule has 1 amide bonds. The van der Waals surface area contributed by atoms with Crippen LogP contribution < -0.4 is 10.6 Å². The normalized spacial score (nSPS) is 15.2. The van der Waals surface area contributed by atoms with Crippen LogP contribution in [0.25, 0.3) is 0 Å². The third-order valence-corrected chi connectivity index (χ3v) is 3.88. The van der Waals surface area contributed by atoms with E-state index in [1.54, 1.807) is 0 Å². The molecule has 1 aromatic carbocycles. The first-order valence-electron chi connectivity index (χ1n) is 6.33. The fourth-order valence-electron chi connectivity index (χ4n) is 2.11. The van der Waals surface area contributed by atoms with Gasteiger partial charge in [0.2, 0.25) is 0 Å². The molecule has 2 N–H and O–H groups in total. The second-order valence-corrected chi connectivity index (χ2v) is 5.73.